The molecular formula is C14H21NO. The van der Waals surface area contributed by atoms with Crippen LogP contribution in [0.25, 0.3) is 0 Å². The van der Waals surface area contributed by atoms with Gasteiger partial charge in [-0.15, -0.1) is 0 Å². The third-order valence-corrected chi connectivity index (χ3v) is 2.38. The zero-order valence-electron chi connectivity index (χ0n) is 10.9. The van der Waals surface area contributed by atoms with Gasteiger partial charge in [-0.1, -0.05) is 32.9 Å². The molecule has 0 aliphatic rings. The topological polar surface area (TPSA) is 20.3 Å². The molecule has 1 aromatic carbocycles. The minimum absolute atomic E-state index is 0.0382. The highest BCUT2D eigenvalue weighted by Crippen LogP contribution is 2.25. The van der Waals surface area contributed by atoms with E-state index in [2.05, 4.69) is 20.8 Å². The van der Waals surface area contributed by atoms with Crippen molar-refractivity contribution in [2.45, 2.75) is 27.2 Å². The molecule has 0 aromatic heterocycles. The van der Waals surface area contributed by atoms with Gasteiger partial charge in [0.2, 0.25) is 0 Å². The van der Waals surface area contributed by atoms with Crippen molar-refractivity contribution in [3.8, 4) is 0 Å². The first-order valence-corrected chi connectivity index (χ1v) is 5.61. The highest BCUT2D eigenvalue weighted by molar-refractivity contribution is 6.01. The van der Waals surface area contributed by atoms with Gasteiger partial charge in [0.05, 0.1) is 0 Å². The minimum atomic E-state index is 0.0382. The lowest BCUT2D eigenvalue weighted by Crippen LogP contribution is -2.17. The predicted molar refractivity (Wildman–Crippen MR) is 69.2 cm³/mol. The first-order chi connectivity index (χ1) is 7.31. The fourth-order valence-corrected chi connectivity index (χ4v) is 1.68. The fourth-order valence-electron chi connectivity index (χ4n) is 1.68. The Hall–Kier alpha value is -1.31. The Balaban J connectivity index is 3.00. The molecule has 2 heteroatoms. The van der Waals surface area contributed by atoms with Gasteiger partial charge in [0, 0.05) is 31.8 Å². The summed E-state index contributed by atoms with van der Waals surface area (Å²) in [4.78, 5) is 14.1. The molecule has 0 spiro atoms. The first kappa shape index (κ1) is 12.8. The smallest absolute Gasteiger partial charge is 0.165 e. The van der Waals surface area contributed by atoms with Crippen molar-refractivity contribution in [3.63, 3.8) is 0 Å². The van der Waals surface area contributed by atoms with Crippen LogP contribution in [-0.2, 0) is 0 Å². The molecule has 0 heterocycles. The summed E-state index contributed by atoms with van der Waals surface area (Å²) in [5, 5.41) is 0. The van der Waals surface area contributed by atoms with Crippen LogP contribution < -0.4 is 4.90 Å². The van der Waals surface area contributed by atoms with Gasteiger partial charge in [-0.05, 0) is 17.5 Å². The van der Waals surface area contributed by atoms with Crippen LogP contribution in [0.3, 0.4) is 0 Å². The highest BCUT2D eigenvalue weighted by Gasteiger charge is 2.19. The number of carbonyl (C=O) groups is 1. The average molecular weight is 219 g/mol. The van der Waals surface area contributed by atoms with E-state index in [1.165, 1.54) is 0 Å². The third-order valence-electron chi connectivity index (χ3n) is 2.38. The molecule has 0 aliphatic carbocycles. The number of benzene rings is 1. The lowest BCUT2D eigenvalue weighted by atomic mass is 9.87. The van der Waals surface area contributed by atoms with E-state index in [4.69, 9.17) is 0 Å². The molecule has 0 aliphatic heterocycles. The van der Waals surface area contributed by atoms with Crippen molar-refractivity contribution in [3.05, 3.63) is 29.8 Å². The van der Waals surface area contributed by atoms with Gasteiger partial charge in [0.1, 0.15) is 0 Å². The SMILES string of the molecule is CN(C)c1ccccc1C(=O)CC(C)(C)C. The van der Waals surface area contributed by atoms with Gasteiger partial charge in [0.25, 0.3) is 0 Å². The van der Waals surface area contributed by atoms with Crippen molar-refractivity contribution >= 4 is 11.5 Å². The van der Waals surface area contributed by atoms with Gasteiger partial charge in [0.15, 0.2) is 5.78 Å². The number of Topliss-reactive ketones (excluding diaryl/α,β-unsaturated/α-hetero) is 1. The van der Waals surface area contributed by atoms with Crippen LogP contribution in [0.4, 0.5) is 5.69 Å². The Morgan fingerprint density at radius 3 is 2.25 bits per heavy atom. The van der Waals surface area contributed by atoms with Gasteiger partial charge < -0.3 is 4.90 Å². The van der Waals surface area contributed by atoms with Crippen LogP contribution in [0.5, 0.6) is 0 Å². The van der Waals surface area contributed by atoms with Crippen molar-refractivity contribution < 1.29 is 4.79 Å². The number of anilines is 1. The van der Waals surface area contributed by atoms with E-state index >= 15 is 0 Å². The van der Waals surface area contributed by atoms with E-state index in [9.17, 15) is 4.79 Å². The second-order valence-electron chi connectivity index (χ2n) is 5.57. The van der Waals surface area contributed by atoms with E-state index in [0.29, 0.717) is 6.42 Å². The minimum Gasteiger partial charge on any atom is -0.377 e. The molecule has 0 saturated carbocycles. The summed E-state index contributed by atoms with van der Waals surface area (Å²) in [5.74, 6) is 0.219. The molecule has 16 heavy (non-hydrogen) atoms. The van der Waals surface area contributed by atoms with Gasteiger partial charge >= 0.3 is 0 Å². The van der Waals surface area contributed by atoms with E-state index in [1.54, 1.807) is 0 Å². The molecule has 2 nitrogen and oxygen atoms in total. The molecule has 0 saturated heterocycles. The first-order valence-electron chi connectivity index (χ1n) is 5.61. The van der Waals surface area contributed by atoms with Crippen LogP contribution in [0, 0.1) is 5.41 Å². The number of nitrogens with zero attached hydrogens (tertiary/aromatic N) is 1. The lowest BCUT2D eigenvalue weighted by Gasteiger charge is -2.20. The zero-order valence-corrected chi connectivity index (χ0v) is 10.9. The van der Waals surface area contributed by atoms with Crippen LogP contribution in [0.15, 0.2) is 24.3 Å². The molecule has 0 amide bonds. The fraction of sp³-hybridized carbons (Fsp3) is 0.500. The summed E-state index contributed by atoms with van der Waals surface area (Å²) in [6.45, 7) is 6.26. The number of para-hydroxylation sites is 1. The van der Waals surface area contributed by atoms with Crippen LogP contribution in [-0.4, -0.2) is 19.9 Å². The molecule has 0 unspecified atom stereocenters. The number of carbonyl (C=O) groups excluding carboxylic acids is 1. The van der Waals surface area contributed by atoms with Crippen LogP contribution >= 0.6 is 0 Å². The summed E-state index contributed by atoms with van der Waals surface area (Å²) >= 11 is 0. The Bertz CT molecular complexity index is 375. The highest BCUT2D eigenvalue weighted by atomic mass is 16.1. The normalized spacial score (nSPS) is 11.3. The summed E-state index contributed by atoms with van der Waals surface area (Å²) < 4.78 is 0. The van der Waals surface area contributed by atoms with Crippen molar-refractivity contribution in [1.29, 1.82) is 0 Å². The molecule has 0 N–H and O–H groups in total. The van der Waals surface area contributed by atoms with Gasteiger partial charge in [-0.2, -0.15) is 0 Å². The van der Waals surface area contributed by atoms with Crippen molar-refractivity contribution in [1.82, 2.24) is 0 Å². The Kier molecular flexibility index (Phi) is 3.74. The molecule has 0 atom stereocenters. The third kappa shape index (κ3) is 3.37. The van der Waals surface area contributed by atoms with E-state index in [-0.39, 0.29) is 11.2 Å². The maximum Gasteiger partial charge on any atom is 0.165 e. The van der Waals surface area contributed by atoms with Crippen LogP contribution in [0.2, 0.25) is 0 Å². The molecular weight excluding hydrogens is 198 g/mol. The number of ketones is 1. The number of rotatable bonds is 3. The summed E-state index contributed by atoms with van der Waals surface area (Å²) in [6, 6.07) is 7.77. The summed E-state index contributed by atoms with van der Waals surface area (Å²) in [5.41, 5.74) is 1.86. The Morgan fingerprint density at radius 2 is 1.75 bits per heavy atom. The quantitative estimate of drug-likeness (QED) is 0.726. The second-order valence-corrected chi connectivity index (χ2v) is 5.57. The Morgan fingerprint density at radius 1 is 1.19 bits per heavy atom. The van der Waals surface area contributed by atoms with E-state index < -0.39 is 0 Å². The number of hydrogen-bond donors (Lipinski definition) is 0. The summed E-state index contributed by atoms with van der Waals surface area (Å²) in [7, 11) is 3.92. The molecule has 1 aromatic rings. The molecule has 0 fully saturated rings. The summed E-state index contributed by atoms with van der Waals surface area (Å²) in [6.07, 6.45) is 0.581. The standard InChI is InChI=1S/C14H21NO/c1-14(2,3)10-13(16)11-8-6-7-9-12(11)15(4)5/h6-9H,10H2,1-5H3. The number of hydrogen-bond acceptors (Lipinski definition) is 2. The lowest BCUT2D eigenvalue weighted by molar-refractivity contribution is 0.0940. The van der Waals surface area contributed by atoms with Crippen molar-refractivity contribution in [2.24, 2.45) is 5.41 Å². The Labute approximate surface area is 98.3 Å². The average Bonchev–Trinajstić information content (AvgIpc) is 2.15. The predicted octanol–water partition coefficient (Wildman–Crippen LogP) is 3.37. The second kappa shape index (κ2) is 4.69. The monoisotopic (exact) mass is 219 g/mol. The van der Waals surface area contributed by atoms with Crippen molar-refractivity contribution in [2.75, 3.05) is 19.0 Å². The zero-order chi connectivity index (χ0) is 12.3. The maximum absolute atomic E-state index is 12.2. The molecule has 1 rings (SSSR count). The largest absolute Gasteiger partial charge is 0.377 e. The van der Waals surface area contributed by atoms with E-state index in [0.717, 1.165) is 11.3 Å². The maximum atomic E-state index is 12.2. The molecule has 88 valence electrons. The van der Waals surface area contributed by atoms with Crippen LogP contribution in [0.1, 0.15) is 37.6 Å². The molecule has 0 radical (unpaired) electrons. The van der Waals surface area contributed by atoms with Gasteiger partial charge in [-0.3, -0.25) is 4.79 Å². The molecule has 0 bridgehead atoms. The van der Waals surface area contributed by atoms with Gasteiger partial charge in [-0.25, -0.2) is 0 Å². The van der Waals surface area contributed by atoms with E-state index in [1.807, 2.05) is 43.3 Å².